The smallest absolute Gasteiger partial charge is 0.229 e. The molecule has 0 spiro atoms. The zero-order chi connectivity index (χ0) is 21.9. The number of rotatable bonds is 5. The zero-order valence-corrected chi connectivity index (χ0v) is 17.9. The van der Waals surface area contributed by atoms with E-state index in [2.05, 4.69) is 31.7 Å². The molecule has 0 unspecified atom stereocenters. The van der Waals surface area contributed by atoms with Crippen LogP contribution in [-0.2, 0) is 17.6 Å². The lowest BCUT2D eigenvalue weighted by molar-refractivity contribution is -0.118. The number of benzene rings is 2. The molecule has 0 atom stereocenters. The largest absolute Gasteiger partial charge is 0.443 e. The highest BCUT2D eigenvalue weighted by Crippen LogP contribution is 2.32. The molecule has 2 aromatic carbocycles. The molecule has 0 bridgehead atoms. The van der Waals surface area contributed by atoms with E-state index in [0.717, 1.165) is 35.3 Å². The van der Waals surface area contributed by atoms with Crippen LogP contribution in [0.3, 0.4) is 0 Å². The van der Waals surface area contributed by atoms with Crippen molar-refractivity contribution in [1.82, 2.24) is 15.0 Å². The molecule has 0 radical (unpaired) electrons. The third-order valence-electron chi connectivity index (χ3n) is 5.37. The first kappa shape index (κ1) is 20.2. The minimum Gasteiger partial charge on any atom is -0.443 e. The van der Waals surface area contributed by atoms with Crippen molar-refractivity contribution < 1.29 is 9.21 Å². The lowest BCUT2D eigenvalue weighted by Crippen LogP contribution is -2.03. The van der Waals surface area contributed by atoms with Crippen LogP contribution < -0.4 is 10.6 Å². The second kappa shape index (κ2) is 8.80. The van der Waals surface area contributed by atoms with Gasteiger partial charge in [0.15, 0.2) is 18.0 Å². The number of carbonyl (C=O) groups excluding carboxylic acids is 1. The number of fused-ring (bicyclic) bond motifs is 1. The number of aromatic nitrogens is 3. The second-order valence-electron chi connectivity index (χ2n) is 7.60. The van der Waals surface area contributed by atoms with Crippen molar-refractivity contribution >= 4 is 40.5 Å². The maximum absolute atomic E-state index is 11.9. The number of para-hydroxylation sites is 1. The Kier molecular flexibility index (Phi) is 5.56. The summed E-state index contributed by atoms with van der Waals surface area (Å²) < 4.78 is 5.44. The Morgan fingerprint density at radius 3 is 2.78 bits per heavy atom. The van der Waals surface area contributed by atoms with E-state index in [4.69, 9.17) is 16.0 Å². The fourth-order valence-electron chi connectivity index (χ4n) is 3.81. The number of anilines is 4. The predicted octanol–water partition coefficient (Wildman–Crippen LogP) is 5.72. The summed E-state index contributed by atoms with van der Waals surface area (Å²) >= 11 is 6.37. The van der Waals surface area contributed by atoms with Crippen molar-refractivity contribution in [2.75, 3.05) is 10.6 Å². The molecule has 0 saturated carbocycles. The van der Waals surface area contributed by atoms with E-state index in [0.29, 0.717) is 41.2 Å². The van der Waals surface area contributed by atoms with Crippen LogP contribution in [0.4, 0.5) is 23.1 Å². The van der Waals surface area contributed by atoms with E-state index in [9.17, 15) is 4.79 Å². The van der Waals surface area contributed by atoms with Crippen LogP contribution in [0.25, 0.3) is 11.3 Å². The number of hydrogen-bond donors (Lipinski definition) is 2. The molecule has 2 N–H and O–H groups in total. The third-order valence-corrected chi connectivity index (χ3v) is 5.65. The maximum atomic E-state index is 11.9. The number of ketones is 1. The van der Waals surface area contributed by atoms with Crippen LogP contribution >= 0.6 is 11.6 Å². The molecule has 0 amide bonds. The molecule has 8 heteroatoms. The normalized spacial score (nSPS) is 13.3. The molecule has 32 heavy (non-hydrogen) atoms. The van der Waals surface area contributed by atoms with Gasteiger partial charge >= 0.3 is 0 Å². The summed E-state index contributed by atoms with van der Waals surface area (Å²) in [6.07, 6.45) is 7.52. The number of carbonyl (C=O) groups is 1. The minimum absolute atomic E-state index is 0.298. The summed E-state index contributed by atoms with van der Waals surface area (Å²) in [5.74, 6) is 1.82. The van der Waals surface area contributed by atoms with Crippen LogP contribution in [0.2, 0.25) is 5.02 Å². The van der Waals surface area contributed by atoms with Gasteiger partial charge < -0.3 is 15.1 Å². The Labute approximate surface area is 189 Å². The van der Waals surface area contributed by atoms with Gasteiger partial charge in [-0.1, -0.05) is 29.8 Å². The average molecular weight is 446 g/mol. The number of Topliss-reactive ketones (excluding diaryl/α,β-unsaturated/α-hetero) is 1. The number of oxazole rings is 1. The van der Waals surface area contributed by atoms with E-state index in [1.165, 1.54) is 12.0 Å². The van der Waals surface area contributed by atoms with Gasteiger partial charge in [0.05, 0.1) is 18.1 Å². The van der Waals surface area contributed by atoms with Crippen molar-refractivity contribution in [2.45, 2.75) is 25.7 Å². The number of nitrogens with one attached hydrogen (secondary N) is 2. The van der Waals surface area contributed by atoms with Crippen LogP contribution in [-0.4, -0.2) is 20.7 Å². The summed E-state index contributed by atoms with van der Waals surface area (Å²) in [6.45, 7) is 0. The monoisotopic (exact) mass is 445 g/mol. The number of nitrogens with zero attached hydrogens (tertiary/aromatic N) is 3. The van der Waals surface area contributed by atoms with Gasteiger partial charge in [-0.3, -0.25) is 4.79 Å². The van der Waals surface area contributed by atoms with Gasteiger partial charge in [0.2, 0.25) is 5.95 Å². The van der Waals surface area contributed by atoms with E-state index in [-0.39, 0.29) is 0 Å². The Balaban J connectivity index is 1.40. The molecule has 0 saturated heterocycles. The van der Waals surface area contributed by atoms with Crippen molar-refractivity contribution in [2.24, 2.45) is 0 Å². The Morgan fingerprint density at radius 1 is 1.00 bits per heavy atom. The maximum Gasteiger partial charge on any atom is 0.229 e. The summed E-state index contributed by atoms with van der Waals surface area (Å²) in [4.78, 5) is 24.7. The fourth-order valence-corrected chi connectivity index (χ4v) is 3.95. The summed E-state index contributed by atoms with van der Waals surface area (Å²) in [5.41, 5.74) is 4.78. The third kappa shape index (κ3) is 4.33. The first-order chi connectivity index (χ1) is 15.7. The highest BCUT2D eigenvalue weighted by molar-refractivity contribution is 6.33. The van der Waals surface area contributed by atoms with Crippen LogP contribution in [0.15, 0.2) is 65.7 Å². The van der Waals surface area contributed by atoms with E-state index < -0.39 is 0 Å². The molecule has 2 heterocycles. The van der Waals surface area contributed by atoms with Gasteiger partial charge in [0.1, 0.15) is 10.8 Å². The molecule has 4 aromatic rings. The lowest BCUT2D eigenvalue weighted by atomic mass is 10.0. The van der Waals surface area contributed by atoms with Gasteiger partial charge in [-0.2, -0.15) is 4.98 Å². The predicted molar refractivity (Wildman–Crippen MR) is 124 cm³/mol. The van der Waals surface area contributed by atoms with Gasteiger partial charge in [-0.15, -0.1) is 0 Å². The highest BCUT2D eigenvalue weighted by Gasteiger charge is 2.15. The average Bonchev–Trinajstić information content (AvgIpc) is 3.26. The SMILES string of the molecule is O=C1CCCc2cc(Nc3ncc(Cl)c(Nc4ccccc4-c4cnco4)n3)ccc2C1. The zero-order valence-electron chi connectivity index (χ0n) is 17.1. The Bertz CT molecular complexity index is 1270. The standard InChI is InChI=1S/C24H20ClN5O2/c25-20-12-27-24(28-17-9-8-16-11-18(31)5-3-4-15(16)10-17)30-23(20)29-21-7-2-1-6-19(21)22-13-26-14-32-22/h1-2,6-10,12-14H,3-5,11H2,(H2,27,28,29,30). The van der Waals surface area contributed by atoms with Crippen LogP contribution in [0, 0.1) is 0 Å². The van der Waals surface area contributed by atoms with Gasteiger partial charge in [0.25, 0.3) is 0 Å². The molecule has 1 aliphatic carbocycles. The van der Waals surface area contributed by atoms with Crippen molar-refractivity contribution in [3.63, 3.8) is 0 Å². The molecular formula is C24H20ClN5O2. The van der Waals surface area contributed by atoms with Crippen LogP contribution in [0.1, 0.15) is 24.0 Å². The molecule has 2 aromatic heterocycles. The summed E-state index contributed by atoms with van der Waals surface area (Å²) in [7, 11) is 0. The molecule has 160 valence electrons. The molecule has 5 rings (SSSR count). The minimum atomic E-state index is 0.298. The highest BCUT2D eigenvalue weighted by atomic mass is 35.5. The van der Waals surface area contributed by atoms with E-state index in [1.54, 1.807) is 12.4 Å². The molecule has 7 nitrogen and oxygen atoms in total. The quantitative estimate of drug-likeness (QED) is 0.379. The van der Waals surface area contributed by atoms with Gasteiger partial charge in [0, 0.05) is 24.1 Å². The first-order valence-corrected chi connectivity index (χ1v) is 10.7. The van der Waals surface area contributed by atoms with E-state index >= 15 is 0 Å². The molecule has 0 aliphatic heterocycles. The number of hydrogen-bond acceptors (Lipinski definition) is 7. The molecular weight excluding hydrogens is 426 g/mol. The first-order valence-electron chi connectivity index (χ1n) is 10.3. The summed E-state index contributed by atoms with van der Waals surface area (Å²) in [6, 6.07) is 13.7. The Morgan fingerprint density at radius 2 is 1.91 bits per heavy atom. The van der Waals surface area contributed by atoms with Gasteiger partial charge in [-0.25, -0.2) is 9.97 Å². The fraction of sp³-hybridized carbons (Fsp3) is 0.167. The number of aryl methyl sites for hydroxylation is 1. The Hall–Kier alpha value is -3.71. The number of halogens is 1. The topological polar surface area (TPSA) is 92.9 Å². The van der Waals surface area contributed by atoms with Crippen molar-refractivity contribution in [1.29, 1.82) is 0 Å². The van der Waals surface area contributed by atoms with Crippen molar-refractivity contribution in [3.8, 4) is 11.3 Å². The van der Waals surface area contributed by atoms with Crippen LogP contribution in [0.5, 0.6) is 0 Å². The van der Waals surface area contributed by atoms with Gasteiger partial charge in [-0.05, 0) is 48.2 Å². The van der Waals surface area contributed by atoms with Crippen molar-refractivity contribution in [3.05, 3.63) is 77.4 Å². The lowest BCUT2D eigenvalue weighted by Gasteiger charge is -2.13. The van der Waals surface area contributed by atoms with E-state index in [1.807, 2.05) is 36.4 Å². The molecule has 1 aliphatic rings. The summed E-state index contributed by atoms with van der Waals surface area (Å²) in [5, 5.41) is 6.91. The second-order valence-corrected chi connectivity index (χ2v) is 8.01. The molecule has 0 fully saturated rings.